The van der Waals surface area contributed by atoms with Crippen molar-refractivity contribution in [2.24, 2.45) is 0 Å². The Kier molecular flexibility index (Phi) is 6.28. The minimum absolute atomic E-state index is 0.360. The first-order valence-electron chi connectivity index (χ1n) is 7.57. The lowest BCUT2D eigenvalue weighted by Gasteiger charge is -2.14. The molecule has 1 N–H and O–H groups in total. The molecule has 1 atom stereocenters. The van der Waals surface area contributed by atoms with Gasteiger partial charge in [-0.15, -0.1) is 0 Å². The smallest absolute Gasteiger partial charge is 0.331 e. The summed E-state index contributed by atoms with van der Waals surface area (Å²) in [7, 11) is 1.49. The fourth-order valence-corrected chi connectivity index (χ4v) is 1.99. The number of carbonyl (C=O) groups excluding carboxylic acids is 2. The Balaban J connectivity index is 1.91. The Morgan fingerprint density at radius 3 is 2.48 bits per heavy atom. The summed E-state index contributed by atoms with van der Waals surface area (Å²) in [6.07, 6.45) is 1.67. The Hall–Kier alpha value is -3.15. The van der Waals surface area contributed by atoms with E-state index in [1.54, 1.807) is 24.3 Å². The van der Waals surface area contributed by atoms with Crippen molar-refractivity contribution >= 4 is 23.6 Å². The Morgan fingerprint density at radius 2 is 1.80 bits per heavy atom. The number of anilines is 1. The van der Waals surface area contributed by atoms with Crippen LogP contribution >= 0.6 is 0 Å². The summed E-state index contributed by atoms with van der Waals surface area (Å²) in [6.45, 7) is 1.47. The van der Waals surface area contributed by atoms with Crippen molar-refractivity contribution in [3.05, 3.63) is 66.0 Å². The van der Waals surface area contributed by atoms with E-state index in [0.717, 1.165) is 0 Å². The van der Waals surface area contributed by atoms with Crippen LogP contribution in [0.2, 0.25) is 0 Å². The number of nitrogens with one attached hydrogen (secondary N) is 1. The molecular weight excluding hydrogens is 325 g/mol. The number of rotatable bonds is 6. The van der Waals surface area contributed by atoms with Crippen molar-refractivity contribution in [1.82, 2.24) is 0 Å². The van der Waals surface area contributed by atoms with Crippen LogP contribution in [-0.4, -0.2) is 25.1 Å². The van der Waals surface area contributed by atoms with Gasteiger partial charge in [-0.3, -0.25) is 4.79 Å². The second-order valence-electron chi connectivity index (χ2n) is 5.15. The van der Waals surface area contributed by atoms with Gasteiger partial charge in [0, 0.05) is 6.08 Å². The van der Waals surface area contributed by atoms with Gasteiger partial charge in [-0.05, 0) is 42.8 Å². The van der Waals surface area contributed by atoms with Crippen LogP contribution in [0.4, 0.5) is 10.1 Å². The van der Waals surface area contributed by atoms with Crippen molar-refractivity contribution in [3.8, 4) is 5.75 Å². The van der Waals surface area contributed by atoms with Crippen LogP contribution in [0, 0.1) is 5.82 Å². The molecular formula is C19H18FNO4. The molecule has 0 heterocycles. The third-order valence-corrected chi connectivity index (χ3v) is 3.31. The highest BCUT2D eigenvalue weighted by Gasteiger charge is 2.18. The van der Waals surface area contributed by atoms with E-state index >= 15 is 0 Å². The monoisotopic (exact) mass is 343 g/mol. The van der Waals surface area contributed by atoms with E-state index in [1.165, 1.54) is 50.5 Å². The lowest BCUT2D eigenvalue weighted by Crippen LogP contribution is -2.29. The average Bonchev–Trinajstić information content (AvgIpc) is 2.61. The number of hydrogen-bond donors (Lipinski definition) is 1. The molecule has 2 aromatic carbocycles. The van der Waals surface area contributed by atoms with Gasteiger partial charge in [-0.1, -0.05) is 24.3 Å². The molecule has 2 aromatic rings. The number of benzene rings is 2. The van der Waals surface area contributed by atoms with Crippen LogP contribution in [0.1, 0.15) is 12.5 Å². The normalized spacial score (nSPS) is 11.8. The van der Waals surface area contributed by atoms with Gasteiger partial charge in [0.1, 0.15) is 11.6 Å². The fourth-order valence-electron chi connectivity index (χ4n) is 1.99. The SMILES string of the molecule is COc1ccccc1NC(=O)[C@@H](C)OC(=O)/C=C/c1ccc(F)cc1. The van der Waals surface area contributed by atoms with Crippen LogP contribution in [-0.2, 0) is 14.3 Å². The van der Waals surface area contributed by atoms with E-state index in [4.69, 9.17) is 9.47 Å². The molecule has 0 aromatic heterocycles. The van der Waals surface area contributed by atoms with Crippen LogP contribution in [0.3, 0.4) is 0 Å². The van der Waals surface area contributed by atoms with Crippen molar-refractivity contribution < 1.29 is 23.5 Å². The number of ether oxygens (including phenoxy) is 2. The molecule has 5 nitrogen and oxygen atoms in total. The number of methoxy groups -OCH3 is 1. The van der Waals surface area contributed by atoms with Gasteiger partial charge in [-0.25, -0.2) is 9.18 Å². The minimum atomic E-state index is -0.990. The first kappa shape index (κ1) is 18.2. The van der Waals surface area contributed by atoms with E-state index in [1.807, 2.05) is 0 Å². The molecule has 1 amide bonds. The van der Waals surface area contributed by atoms with Gasteiger partial charge in [0.25, 0.3) is 5.91 Å². The maximum absolute atomic E-state index is 12.8. The molecule has 0 saturated heterocycles. The van der Waals surface area contributed by atoms with Gasteiger partial charge in [0.15, 0.2) is 6.10 Å². The number of amides is 1. The summed E-state index contributed by atoms with van der Waals surface area (Å²) in [5.41, 5.74) is 1.13. The topological polar surface area (TPSA) is 64.6 Å². The predicted octanol–water partition coefficient (Wildman–Crippen LogP) is 3.42. The summed E-state index contributed by atoms with van der Waals surface area (Å²) >= 11 is 0. The molecule has 0 fully saturated rings. The molecule has 0 aliphatic carbocycles. The molecule has 25 heavy (non-hydrogen) atoms. The lowest BCUT2D eigenvalue weighted by atomic mass is 10.2. The number of halogens is 1. The first-order chi connectivity index (χ1) is 12.0. The zero-order valence-electron chi connectivity index (χ0n) is 13.9. The summed E-state index contributed by atoms with van der Waals surface area (Å²) in [5.74, 6) is -1.01. The van der Waals surface area contributed by atoms with Crippen LogP contribution in [0.25, 0.3) is 6.08 Å². The van der Waals surface area contributed by atoms with E-state index in [2.05, 4.69) is 5.32 Å². The second-order valence-corrected chi connectivity index (χ2v) is 5.15. The highest BCUT2D eigenvalue weighted by molar-refractivity contribution is 5.97. The summed E-state index contributed by atoms with van der Waals surface area (Å²) in [4.78, 5) is 23.9. The third-order valence-electron chi connectivity index (χ3n) is 3.31. The van der Waals surface area contributed by atoms with Gasteiger partial charge < -0.3 is 14.8 Å². The van der Waals surface area contributed by atoms with Crippen molar-refractivity contribution in [2.45, 2.75) is 13.0 Å². The van der Waals surface area contributed by atoms with Gasteiger partial charge in [0.05, 0.1) is 12.8 Å². The average molecular weight is 343 g/mol. The largest absolute Gasteiger partial charge is 0.495 e. The maximum atomic E-state index is 12.8. The number of hydrogen-bond acceptors (Lipinski definition) is 4. The Labute approximate surface area is 145 Å². The number of esters is 1. The quantitative estimate of drug-likeness (QED) is 0.645. The number of carbonyl (C=O) groups is 2. The second kappa shape index (κ2) is 8.63. The first-order valence-corrected chi connectivity index (χ1v) is 7.57. The molecule has 0 bridgehead atoms. The molecule has 130 valence electrons. The van der Waals surface area contributed by atoms with Crippen molar-refractivity contribution in [3.63, 3.8) is 0 Å². The lowest BCUT2D eigenvalue weighted by molar-refractivity contribution is -0.148. The molecule has 2 rings (SSSR count). The molecule has 0 radical (unpaired) electrons. The molecule has 0 unspecified atom stereocenters. The minimum Gasteiger partial charge on any atom is -0.495 e. The fraction of sp³-hybridized carbons (Fsp3) is 0.158. The van der Waals surface area contributed by atoms with E-state index < -0.39 is 18.0 Å². The maximum Gasteiger partial charge on any atom is 0.331 e. The molecule has 0 spiro atoms. The van der Waals surface area contributed by atoms with Crippen LogP contribution < -0.4 is 10.1 Å². The van der Waals surface area contributed by atoms with E-state index in [-0.39, 0.29) is 5.82 Å². The predicted molar refractivity (Wildman–Crippen MR) is 92.6 cm³/mol. The third kappa shape index (κ3) is 5.46. The Morgan fingerprint density at radius 1 is 1.12 bits per heavy atom. The Bertz CT molecular complexity index is 771. The van der Waals surface area contributed by atoms with Gasteiger partial charge >= 0.3 is 5.97 Å². The van der Waals surface area contributed by atoms with Crippen molar-refractivity contribution in [2.75, 3.05) is 12.4 Å². The van der Waals surface area contributed by atoms with Crippen LogP contribution in [0.5, 0.6) is 5.75 Å². The highest BCUT2D eigenvalue weighted by Crippen LogP contribution is 2.23. The molecule has 6 heteroatoms. The summed E-state index contributed by atoms with van der Waals surface area (Å²) in [5, 5.41) is 2.64. The van der Waals surface area contributed by atoms with Gasteiger partial charge in [-0.2, -0.15) is 0 Å². The molecule has 0 aliphatic rings. The van der Waals surface area contributed by atoms with Crippen molar-refractivity contribution in [1.29, 1.82) is 0 Å². The standard InChI is InChI=1S/C19H18FNO4/c1-13(19(23)21-16-5-3-4-6-17(16)24-2)25-18(22)12-9-14-7-10-15(20)11-8-14/h3-13H,1-2H3,(H,21,23)/b12-9+/t13-/m1/s1. The molecule has 0 aliphatic heterocycles. The zero-order chi connectivity index (χ0) is 18.2. The van der Waals surface area contributed by atoms with Gasteiger partial charge in [0.2, 0.25) is 0 Å². The molecule has 0 saturated carbocycles. The summed E-state index contributed by atoms with van der Waals surface area (Å²) < 4.78 is 23.0. The van der Waals surface area contributed by atoms with E-state index in [0.29, 0.717) is 17.0 Å². The zero-order valence-corrected chi connectivity index (χ0v) is 13.9. The highest BCUT2D eigenvalue weighted by atomic mass is 19.1. The van der Waals surface area contributed by atoms with E-state index in [9.17, 15) is 14.0 Å². The van der Waals surface area contributed by atoms with Crippen LogP contribution in [0.15, 0.2) is 54.6 Å². The summed E-state index contributed by atoms with van der Waals surface area (Å²) in [6, 6.07) is 12.5. The number of para-hydroxylation sites is 2.